The minimum absolute atomic E-state index is 0.192. The highest BCUT2D eigenvalue weighted by molar-refractivity contribution is 5.65. The van der Waals surface area contributed by atoms with Crippen LogP contribution in [0.4, 0.5) is 0 Å². The largest absolute Gasteiger partial charge is 0.507 e. The van der Waals surface area contributed by atoms with Gasteiger partial charge in [0.2, 0.25) is 0 Å². The normalized spacial score (nSPS) is 10.4. The average Bonchev–Trinajstić information content (AvgIpc) is 2.68. The summed E-state index contributed by atoms with van der Waals surface area (Å²) in [5, 5.41) is 9.75. The SMILES string of the molecule is CCOc1ccc(O)c(-c2nc(C)c[nH]2)c1. The van der Waals surface area contributed by atoms with E-state index in [0.717, 1.165) is 11.4 Å². The summed E-state index contributed by atoms with van der Waals surface area (Å²) in [5.41, 5.74) is 1.54. The van der Waals surface area contributed by atoms with E-state index in [9.17, 15) is 5.11 Å². The topological polar surface area (TPSA) is 58.1 Å². The van der Waals surface area contributed by atoms with Crippen LogP contribution in [0.3, 0.4) is 0 Å². The van der Waals surface area contributed by atoms with Crippen LogP contribution in [0.2, 0.25) is 0 Å². The van der Waals surface area contributed by atoms with Crippen LogP contribution in [-0.2, 0) is 0 Å². The number of aromatic nitrogens is 2. The Bertz CT molecular complexity index is 492. The quantitative estimate of drug-likeness (QED) is 0.832. The van der Waals surface area contributed by atoms with Gasteiger partial charge in [-0.05, 0) is 32.0 Å². The number of hydrogen-bond acceptors (Lipinski definition) is 3. The summed E-state index contributed by atoms with van der Waals surface area (Å²) in [4.78, 5) is 7.28. The Labute approximate surface area is 93.9 Å². The second-order valence-electron chi connectivity index (χ2n) is 3.50. The molecule has 84 valence electrons. The van der Waals surface area contributed by atoms with Gasteiger partial charge in [0, 0.05) is 6.20 Å². The number of aromatic amines is 1. The first-order valence-electron chi connectivity index (χ1n) is 5.19. The zero-order chi connectivity index (χ0) is 11.5. The maximum Gasteiger partial charge on any atom is 0.141 e. The van der Waals surface area contributed by atoms with Crippen molar-refractivity contribution in [1.82, 2.24) is 9.97 Å². The summed E-state index contributed by atoms with van der Waals surface area (Å²) < 4.78 is 5.38. The van der Waals surface area contributed by atoms with Crippen LogP contribution in [0.5, 0.6) is 11.5 Å². The van der Waals surface area contributed by atoms with E-state index in [-0.39, 0.29) is 5.75 Å². The zero-order valence-electron chi connectivity index (χ0n) is 9.32. The van der Waals surface area contributed by atoms with E-state index in [1.54, 1.807) is 24.4 Å². The van der Waals surface area contributed by atoms with Crippen molar-refractivity contribution < 1.29 is 9.84 Å². The third-order valence-electron chi connectivity index (χ3n) is 2.24. The van der Waals surface area contributed by atoms with Crippen molar-refractivity contribution in [3.8, 4) is 22.9 Å². The Balaban J connectivity index is 2.42. The lowest BCUT2D eigenvalue weighted by Crippen LogP contribution is -1.92. The van der Waals surface area contributed by atoms with Crippen LogP contribution in [0.25, 0.3) is 11.4 Å². The minimum atomic E-state index is 0.192. The number of rotatable bonds is 3. The highest BCUT2D eigenvalue weighted by atomic mass is 16.5. The van der Waals surface area contributed by atoms with Crippen molar-refractivity contribution in [3.63, 3.8) is 0 Å². The Morgan fingerprint density at radius 1 is 1.44 bits per heavy atom. The predicted molar refractivity (Wildman–Crippen MR) is 61.6 cm³/mol. The molecule has 1 aromatic heterocycles. The summed E-state index contributed by atoms with van der Waals surface area (Å²) in [6, 6.07) is 5.12. The first-order chi connectivity index (χ1) is 7.70. The van der Waals surface area contributed by atoms with Crippen molar-refractivity contribution in [2.45, 2.75) is 13.8 Å². The van der Waals surface area contributed by atoms with E-state index in [0.29, 0.717) is 18.0 Å². The maximum atomic E-state index is 9.75. The number of phenols is 1. The molecule has 4 nitrogen and oxygen atoms in total. The Morgan fingerprint density at radius 2 is 2.25 bits per heavy atom. The zero-order valence-corrected chi connectivity index (χ0v) is 9.32. The molecule has 0 radical (unpaired) electrons. The van der Waals surface area contributed by atoms with Crippen LogP contribution < -0.4 is 4.74 Å². The van der Waals surface area contributed by atoms with Gasteiger partial charge in [-0.25, -0.2) is 4.98 Å². The molecule has 1 heterocycles. The molecule has 2 N–H and O–H groups in total. The molecule has 0 aliphatic heterocycles. The number of aromatic hydroxyl groups is 1. The standard InChI is InChI=1S/C12H14N2O2/c1-3-16-9-4-5-11(15)10(6-9)12-13-7-8(2)14-12/h4-7,15H,3H2,1-2H3,(H,13,14). The molecule has 0 saturated heterocycles. The van der Waals surface area contributed by atoms with Crippen molar-refractivity contribution in [2.75, 3.05) is 6.61 Å². The number of nitrogens with zero attached hydrogens (tertiary/aromatic N) is 1. The third-order valence-corrected chi connectivity index (χ3v) is 2.24. The molecule has 16 heavy (non-hydrogen) atoms. The fraction of sp³-hybridized carbons (Fsp3) is 0.250. The van der Waals surface area contributed by atoms with Gasteiger partial charge in [-0.15, -0.1) is 0 Å². The first-order valence-corrected chi connectivity index (χ1v) is 5.19. The Kier molecular flexibility index (Phi) is 2.81. The van der Waals surface area contributed by atoms with Crippen LogP contribution in [0.1, 0.15) is 12.6 Å². The van der Waals surface area contributed by atoms with Crippen molar-refractivity contribution in [1.29, 1.82) is 0 Å². The fourth-order valence-electron chi connectivity index (χ4n) is 1.51. The van der Waals surface area contributed by atoms with E-state index in [1.165, 1.54) is 0 Å². The van der Waals surface area contributed by atoms with Crippen LogP contribution in [0, 0.1) is 6.92 Å². The highest BCUT2D eigenvalue weighted by Crippen LogP contribution is 2.30. The number of benzene rings is 1. The van der Waals surface area contributed by atoms with Gasteiger partial charge in [0.05, 0.1) is 17.9 Å². The van der Waals surface area contributed by atoms with Gasteiger partial charge in [0.25, 0.3) is 0 Å². The molecule has 0 bridgehead atoms. The van der Waals surface area contributed by atoms with Gasteiger partial charge in [0.15, 0.2) is 0 Å². The number of hydrogen-bond donors (Lipinski definition) is 2. The van der Waals surface area contributed by atoms with E-state index >= 15 is 0 Å². The number of nitrogens with one attached hydrogen (secondary N) is 1. The smallest absolute Gasteiger partial charge is 0.141 e. The molecule has 1 aromatic carbocycles. The first kappa shape index (κ1) is 10.5. The molecular weight excluding hydrogens is 204 g/mol. The lowest BCUT2D eigenvalue weighted by molar-refractivity contribution is 0.339. The molecule has 0 aliphatic carbocycles. The summed E-state index contributed by atoms with van der Waals surface area (Å²) >= 11 is 0. The molecule has 0 atom stereocenters. The number of H-pyrrole nitrogens is 1. The van der Waals surface area contributed by atoms with Crippen LogP contribution >= 0.6 is 0 Å². The molecule has 2 aromatic rings. The van der Waals surface area contributed by atoms with Gasteiger partial charge in [0.1, 0.15) is 17.3 Å². The molecule has 0 fully saturated rings. The second-order valence-corrected chi connectivity index (χ2v) is 3.50. The lowest BCUT2D eigenvalue weighted by Gasteiger charge is -2.06. The van der Waals surface area contributed by atoms with E-state index < -0.39 is 0 Å². The summed E-state index contributed by atoms with van der Waals surface area (Å²) in [6.07, 6.45) is 1.79. The van der Waals surface area contributed by atoms with Crippen molar-refractivity contribution in [3.05, 3.63) is 30.1 Å². The van der Waals surface area contributed by atoms with Gasteiger partial charge >= 0.3 is 0 Å². The minimum Gasteiger partial charge on any atom is -0.507 e. The molecule has 4 heteroatoms. The van der Waals surface area contributed by atoms with Crippen molar-refractivity contribution >= 4 is 0 Å². The highest BCUT2D eigenvalue weighted by Gasteiger charge is 2.09. The number of ether oxygens (including phenoxy) is 1. The molecule has 0 spiro atoms. The van der Waals surface area contributed by atoms with E-state index in [1.807, 2.05) is 13.8 Å². The van der Waals surface area contributed by atoms with Gasteiger partial charge < -0.3 is 14.8 Å². The molecule has 2 rings (SSSR count). The van der Waals surface area contributed by atoms with Gasteiger partial charge in [-0.1, -0.05) is 0 Å². The summed E-state index contributed by atoms with van der Waals surface area (Å²) in [6.45, 7) is 4.41. The van der Waals surface area contributed by atoms with Crippen molar-refractivity contribution in [2.24, 2.45) is 0 Å². The van der Waals surface area contributed by atoms with Gasteiger partial charge in [-0.3, -0.25) is 0 Å². The number of imidazole rings is 1. The average molecular weight is 218 g/mol. The van der Waals surface area contributed by atoms with Crippen LogP contribution in [-0.4, -0.2) is 21.7 Å². The lowest BCUT2D eigenvalue weighted by atomic mass is 10.2. The third kappa shape index (κ3) is 2.00. The van der Waals surface area contributed by atoms with E-state index in [4.69, 9.17) is 4.74 Å². The van der Waals surface area contributed by atoms with E-state index in [2.05, 4.69) is 9.97 Å². The second kappa shape index (κ2) is 4.26. The fourth-order valence-corrected chi connectivity index (χ4v) is 1.51. The number of phenolic OH excluding ortho intramolecular Hbond substituents is 1. The predicted octanol–water partition coefficient (Wildman–Crippen LogP) is 2.49. The van der Waals surface area contributed by atoms with Gasteiger partial charge in [-0.2, -0.15) is 0 Å². The molecule has 0 unspecified atom stereocenters. The summed E-state index contributed by atoms with van der Waals surface area (Å²) in [7, 11) is 0. The maximum absolute atomic E-state index is 9.75. The Morgan fingerprint density at radius 3 is 2.88 bits per heavy atom. The Hall–Kier alpha value is -1.97. The summed E-state index contributed by atoms with van der Waals surface area (Å²) in [5.74, 6) is 1.57. The molecule has 0 saturated carbocycles. The molecule has 0 aliphatic rings. The van der Waals surface area contributed by atoms with Crippen LogP contribution in [0.15, 0.2) is 24.4 Å². The monoisotopic (exact) mass is 218 g/mol. The number of aryl methyl sites for hydroxylation is 1. The molecular formula is C12H14N2O2. The molecule has 0 amide bonds.